The van der Waals surface area contributed by atoms with Gasteiger partial charge in [-0.1, -0.05) is 36.6 Å². The Labute approximate surface area is 138 Å². The largest absolute Gasteiger partial charge is 0.490 e. The SMILES string of the molecule is CC(C)Oc1ccccc1/C=N/OCC(=O)NC1CCCCC1. The highest BCUT2D eigenvalue weighted by atomic mass is 16.6. The van der Waals surface area contributed by atoms with Gasteiger partial charge >= 0.3 is 0 Å². The summed E-state index contributed by atoms with van der Waals surface area (Å²) in [5.74, 6) is 0.641. The lowest BCUT2D eigenvalue weighted by Gasteiger charge is -2.22. The van der Waals surface area contributed by atoms with Gasteiger partial charge in [-0.15, -0.1) is 0 Å². The van der Waals surface area contributed by atoms with Crippen LogP contribution in [0.25, 0.3) is 0 Å². The van der Waals surface area contributed by atoms with E-state index in [0.29, 0.717) is 6.04 Å². The molecular weight excluding hydrogens is 292 g/mol. The van der Waals surface area contributed by atoms with E-state index in [9.17, 15) is 4.79 Å². The zero-order valence-corrected chi connectivity index (χ0v) is 14.0. The van der Waals surface area contributed by atoms with Crippen LogP contribution in [0.2, 0.25) is 0 Å². The molecule has 5 nitrogen and oxygen atoms in total. The van der Waals surface area contributed by atoms with Gasteiger partial charge in [0.2, 0.25) is 0 Å². The van der Waals surface area contributed by atoms with Crippen LogP contribution in [-0.4, -0.2) is 30.9 Å². The molecule has 0 radical (unpaired) electrons. The van der Waals surface area contributed by atoms with Crippen molar-refractivity contribution < 1.29 is 14.4 Å². The van der Waals surface area contributed by atoms with Crippen LogP contribution in [0.4, 0.5) is 0 Å². The molecule has 1 aromatic rings. The monoisotopic (exact) mass is 318 g/mol. The Morgan fingerprint density at radius 3 is 2.78 bits per heavy atom. The molecule has 0 aromatic heterocycles. The number of nitrogens with one attached hydrogen (secondary N) is 1. The first-order valence-electron chi connectivity index (χ1n) is 8.35. The summed E-state index contributed by atoms with van der Waals surface area (Å²) in [5.41, 5.74) is 0.828. The molecule has 1 amide bonds. The van der Waals surface area contributed by atoms with Crippen molar-refractivity contribution in [3.63, 3.8) is 0 Å². The van der Waals surface area contributed by atoms with Crippen LogP contribution in [0.3, 0.4) is 0 Å². The molecule has 5 heteroatoms. The van der Waals surface area contributed by atoms with Crippen LogP contribution < -0.4 is 10.1 Å². The van der Waals surface area contributed by atoms with E-state index >= 15 is 0 Å². The fraction of sp³-hybridized carbons (Fsp3) is 0.556. The highest BCUT2D eigenvalue weighted by Crippen LogP contribution is 2.18. The fourth-order valence-electron chi connectivity index (χ4n) is 2.65. The van der Waals surface area contributed by atoms with E-state index in [1.165, 1.54) is 19.3 Å². The van der Waals surface area contributed by atoms with Crippen LogP contribution in [-0.2, 0) is 9.63 Å². The molecule has 0 heterocycles. The predicted molar refractivity (Wildman–Crippen MR) is 90.8 cm³/mol. The molecule has 1 fully saturated rings. The van der Waals surface area contributed by atoms with Crippen molar-refractivity contribution in [3.8, 4) is 5.75 Å². The van der Waals surface area contributed by atoms with Crippen molar-refractivity contribution in [2.45, 2.75) is 58.1 Å². The van der Waals surface area contributed by atoms with Crippen LogP contribution in [0.15, 0.2) is 29.4 Å². The van der Waals surface area contributed by atoms with Crippen LogP contribution in [0, 0.1) is 0 Å². The van der Waals surface area contributed by atoms with Crippen molar-refractivity contribution in [3.05, 3.63) is 29.8 Å². The number of amides is 1. The van der Waals surface area contributed by atoms with Gasteiger partial charge in [-0.25, -0.2) is 0 Å². The van der Waals surface area contributed by atoms with Gasteiger partial charge in [0, 0.05) is 11.6 Å². The molecule has 2 rings (SSSR count). The summed E-state index contributed by atoms with van der Waals surface area (Å²) >= 11 is 0. The van der Waals surface area contributed by atoms with Crippen LogP contribution in [0.1, 0.15) is 51.5 Å². The first-order valence-corrected chi connectivity index (χ1v) is 8.35. The average molecular weight is 318 g/mol. The molecule has 1 aliphatic rings. The lowest BCUT2D eigenvalue weighted by Crippen LogP contribution is -2.38. The normalized spacial score (nSPS) is 15.8. The molecule has 0 spiro atoms. The number of hydrogen-bond acceptors (Lipinski definition) is 4. The maximum Gasteiger partial charge on any atom is 0.260 e. The number of ether oxygens (including phenoxy) is 1. The number of nitrogens with zero attached hydrogens (tertiary/aromatic N) is 1. The summed E-state index contributed by atoms with van der Waals surface area (Å²) < 4.78 is 5.70. The summed E-state index contributed by atoms with van der Waals surface area (Å²) in [5, 5.41) is 6.87. The second kappa shape index (κ2) is 9.18. The number of hydrogen-bond donors (Lipinski definition) is 1. The van der Waals surface area contributed by atoms with Crippen molar-refractivity contribution in [1.29, 1.82) is 0 Å². The molecule has 0 atom stereocenters. The van der Waals surface area contributed by atoms with E-state index in [-0.39, 0.29) is 18.6 Å². The first kappa shape index (κ1) is 17.3. The predicted octanol–water partition coefficient (Wildman–Crippen LogP) is 3.27. The van der Waals surface area contributed by atoms with Gasteiger partial charge in [-0.3, -0.25) is 4.79 Å². The van der Waals surface area contributed by atoms with Gasteiger partial charge in [-0.2, -0.15) is 0 Å². The van der Waals surface area contributed by atoms with Gasteiger partial charge < -0.3 is 14.9 Å². The van der Waals surface area contributed by atoms with E-state index in [1.54, 1.807) is 6.21 Å². The number of para-hydroxylation sites is 1. The first-order chi connectivity index (χ1) is 11.1. The number of rotatable bonds is 7. The molecule has 0 aliphatic heterocycles. The van der Waals surface area contributed by atoms with E-state index in [4.69, 9.17) is 9.57 Å². The molecule has 1 aliphatic carbocycles. The lowest BCUT2D eigenvalue weighted by atomic mass is 9.95. The van der Waals surface area contributed by atoms with Gasteiger partial charge in [0.15, 0.2) is 6.61 Å². The van der Waals surface area contributed by atoms with Crippen molar-refractivity contribution in [1.82, 2.24) is 5.32 Å². The zero-order valence-electron chi connectivity index (χ0n) is 14.0. The van der Waals surface area contributed by atoms with Gasteiger partial charge in [0.25, 0.3) is 5.91 Å². The Hall–Kier alpha value is -2.04. The summed E-state index contributed by atoms with van der Waals surface area (Å²) in [7, 11) is 0. The van der Waals surface area contributed by atoms with E-state index < -0.39 is 0 Å². The Morgan fingerprint density at radius 1 is 1.30 bits per heavy atom. The van der Waals surface area contributed by atoms with Crippen LogP contribution in [0.5, 0.6) is 5.75 Å². The van der Waals surface area contributed by atoms with Crippen molar-refractivity contribution >= 4 is 12.1 Å². The molecule has 1 aromatic carbocycles. The number of carbonyl (C=O) groups is 1. The Kier molecular flexibility index (Phi) is 6.91. The Morgan fingerprint density at radius 2 is 2.04 bits per heavy atom. The van der Waals surface area contributed by atoms with E-state index in [0.717, 1.165) is 24.2 Å². The summed E-state index contributed by atoms with van der Waals surface area (Å²) in [6.07, 6.45) is 7.44. The van der Waals surface area contributed by atoms with E-state index in [2.05, 4.69) is 10.5 Å². The maximum atomic E-state index is 11.8. The third-order valence-electron chi connectivity index (χ3n) is 3.71. The van der Waals surface area contributed by atoms with Gasteiger partial charge in [0.1, 0.15) is 5.75 Å². The average Bonchev–Trinajstić information content (AvgIpc) is 2.53. The zero-order chi connectivity index (χ0) is 16.5. The van der Waals surface area contributed by atoms with Gasteiger partial charge in [0.05, 0.1) is 12.3 Å². The second-order valence-corrected chi connectivity index (χ2v) is 6.11. The molecule has 0 bridgehead atoms. The molecule has 0 saturated heterocycles. The van der Waals surface area contributed by atoms with Crippen molar-refractivity contribution in [2.75, 3.05) is 6.61 Å². The summed E-state index contributed by atoms with van der Waals surface area (Å²) in [4.78, 5) is 16.9. The number of oxime groups is 1. The molecule has 126 valence electrons. The molecular formula is C18H26N2O3. The maximum absolute atomic E-state index is 11.8. The smallest absolute Gasteiger partial charge is 0.260 e. The molecule has 23 heavy (non-hydrogen) atoms. The van der Waals surface area contributed by atoms with Crippen molar-refractivity contribution in [2.24, 2.45) is 5.16 Å². The number of benzene rings is 1. The fourth-order valence-corrected chi connectivity index (χ4v) is 2.65. The summed E-state index contributed by atoms with van der Waals surface area (Å²) in [6, 6.07) is 7.89. The highest BCUT2D eigenvalue weighted by Gasteiger charge is 2.15. The highest BCUT2D eigenvalue weighted by molar-refractivity contribution is 5.83. The molecule has 1 saturated carbocycles. The lowest BCUT2D eigenvalue weighted by molar-refractivity contribution is -0.126. The third kappa shape index (κ3) is 6.30. The standard InChI is InChI=1S/C18H26N2O3/c1-14(2)23-17-11-7-6-8-15(17)12-19-22-13-18(21)20-16-9-4-3-5-10-16/h6-8,11-12,14,16H,3-5,9-10,13H2,1-2H3,(H,20,21)/b19-12+. The third-order valence-corrected chi connectivity index (χ3v) is 3.71. The minimum absolute atomic E-state index is 0.0554. The molecule has 0 unspecified atom stereocenters. The van der Waals surface area contributed by atoms with Gasteiger partial charge in [-0.05, 0) is 38.8 Å². The quantitative estimate of drug-likeness (QED) is 0.620. The topological polar surface area (TPSA) is 59.9 Å². The number of carbonyl (C=O) groups excluding carboxylic acids is 1. The van der Waals surface area contributed by atoms with E-state index in [1.807, 2.05) is 38.1 Å². The van der Waals surface area contributed by atoms with Crippen LogP contribution >= 0.6 is 0 Å². The Balaban J connectivity index is 1.77. The molecule has 1 N–H and O–H groups in total. The minimum atomic E-state index is -0.110. The Bertz CT molecular complexity index is 523. The second-order valence-electron chi connectivity index (χ2n) is 6.11. The summed E-state index contributed by atoms with van der Waals surface area (Å²) in [6.45, 7) is 3.89. The minimum Gasteiger partial charge on any atom is -0.490 e.